The Kier molecular flexibility index (Phi) is 2.44. The summed E-state index contributed by atoms with van der Waals surface area (Å²) in [6.07, 6.45) is 3.20. The second-order valence-electron chi connectivity index (χ2n) is 3.63. The fourth-order valence-electron chi connectivity index (χ4n) is 1.69. The number of hydrogen-bond donors (Lipinski definition) is 1. The van der Waals surface area contributed by atoms with Gasteiger partial charge in [-0.1, -0.05) is 0 Å². The van der Waals surface area contributed by atoms with Gasteiger partial charge in [0.25, 0.3) is 0 Å². The summed E-state index contributed by atoms with van der Waals surface area (Å²) >= 11 is 0. The van der Waals surface area contributed by atoms with E-state index in [4.69, 9.17) is 5.73 Å². The van der Waals surface area contributed by atoms with Crippen molar-refractivity contribution in [2.24, 2.45) is 5.73 Å². The van der Waals surface area contributed by atoms with Gasteiger partial charge in [-0.05, 0) is 6.92 Å². The number of β-lactam (4-membered cyclic amide) rings is 1. The maximum absolute atomic E-state index is 12.0. The van der Waals surface area contributed by atoms with Crippen molar-refractivity contribution in [3.63, 3.8) is 0 Å². The molecule has 1 fully saturated rings. The minimum absolute atomic E-state index is 0.0134. The van der Waals surface area contributed by atoms with E-state index in [1.54, 1.807) is 17.3 Å². The van der Waals surface area contributed by atoms with Crippen molar-refractivity contribution in [2.45, 2.75) is 25.6 Å². The van der Waals surface area contributed by atoms with E-state index in [0.29, 0.717) is 5.69 Å². The summed E-state index contributed by atoms with van der Waals surface area (Å²) in [5, 5.41) is 3.94. The third kappa shape index (κ3) is 1.50. The molecule has 1 aliphatic rings. The quantitative estimate of drug-likeness (QED) is 0.712. The lowest BCUT2D eigenvalue weighted by atomic mass is 9.97. The second-order valence-corrected chi connectivity index (χ2v) is 3.63. The first kappa shape index (κ1) is 10.1. The average Bonchev–Trinajstić information content (AvgIpc) is 2.66. The molecule has 15 heavy (non-hydrogen) atoms. The maximum Gasteiger partial charge on any atom is 0.246 e. The van der Waals surface area contributed by atoms with Crippen LogP contribution in [0.2, 0.25) is 0 Å². The third-order valence-corrected chi connectivity index (χ3v) is 2.66. The molecule has 0 aliphatic carbocycles. The van der Waals surface area contributed by atoms with Crippen LogP contribution in [0.4, 0.5) is 10.1 Å². The number of carbonyl (C=O) groups is 1. The molecule has 0 radical (unpaired) electrons. The van der Waals surface area contributed by atoms with Gasteiger partial charge in [-0.2, -0.15) is 5.10 Å². The molecule has 2 N–H and O–H groups in total. The summed E-state index contributed by atoms with van der Waals surface area (Å²) in [5.74, 6) is -0.109. The number of rotatable bonds is 3. The first-order valence-corrected chi connectivity index (χ1v) is 4.82. The normalized spacial score (nSPS) is 25.5. The predicted octanol–water partition coefficient (Wildman–Crippen LogP) is -0.0850. The molecular weight excluding hydrogens is 199 g/mol. The van der Waals surface area contributed by atoms with Gasteiger partial charge in [0.1, 0.15) is 12.7 Å². The van der Waals surface area contributed by atoms with Crippen molar-refractivity contribution in [3.8, 4) is 0 Å². The van der Waals surface area contributed by atoms with E-state index in [1.807, 2.05) is 6.92 Å². The third-order valence-electron chi connectivity index (χ3n) is 2.66. The molecule has 2 atom stereocenters. The molecule has 1 saturated heterocycles. The molecule has 82 valence electrons. The van der Waals surface area contributed by atoms with Crippen LogP contribution >= 0.6 is 0 Å². The van der Waals surface area contributed by atoms with Gasteiger partial charge in [0.05, 0.1) is 24.5 Å². The topological polar surface area (TPSA) is 64.2 Å². The number of aromatic nitrogens is 2. The predicted molar refractivity (Wildman–Crippen MR) is 53.1 cm³/mol. The molecular formula is C9H13FN4O. The number of alkyl halides is 1. The highest BCUT2D eigenvalue weighted by atomic mass is 19.1. The van der Waals surface area contributed by atoms with Crippen LogP contribution in [-0.2, 0) is 11.3 Å². The van der Waals surface area contributed by atoms with E-state index in [9.17, 15) is 9.18 Å². The van der Waals surface area contributed by atoms with Crippen LogP contribution in [0.25, 0.3) is 0 Å². The van der Waals surface area contributed by atoms with Crippen molar-refractivity contribution in [2.75, 3.05) is 11.6 Å². The molecule has 6 heteroatoms. The van der Waals surface area contributed by atoms with Crippen LogP contribution in [0, 0.1) is 0 Å². The Balaban J connectivity index is 2.13. The van der Waals surface area contributed by atoms with Gasteiger partial charge in [0.2, 0.25) is 5.91 Å². The summed E-state index contributed by atoms with van der Waals surface area (Å²) in [4.78, 5) is 13.0. The summed E-state index contributed by atoms with van der Waals surface area (Å²) in [6, 6.07) is -0.435. The maximum atomic E-state index is 12.0. The fourth-order valence-corrected chi connectivity index (χ4v) is 1.69. The Hall–Kier alpha value is -1.43. The van der Waals surface area contributed by atoms with E-state index < -0.39 is 12.7 Å². The highest BCUT2D eigenvalue weighted by molar-refractivity contribution is 6.04. The van der Waals surface area contributed by atoms with Crippen molar-refractivity contribution in [1.29, 1.82) is 0 Å². The van der Waals surface area contributed by atoms with Gasteiger partial charge in [0.15, 0.2) is 0 Å². The largest absolute Gasteiger partial charge is 0.318 e. The number of nitrogens with two attached hydrogens (primary N) is 1. The number of nitrogens with zero attached hydrogens (tertiary/aromatic N) is 3. The molecule has 0 unspecified atom stereocenters. The van der Waals surface area contributed by atoms with Crippen LogP contribution < -0.4 is 10.6 Å². The summed E-state index contributed by atoms with van der Waals surface area (Å²) in [5.41, 5.74) is 6.26. The Bertz CT molecular complexity index is 378. The number of anilines is 1. The van der Waals surface area contributed by atoms with Crippen LogP contribution in [0.1, 0.15) is 6.92 Å². The SMILES string of the molecule is C[C@@H]1[C@H](N)C(=O)N1c1cnn(CCF)c1. The lowest BCUT2D eigenvalue weighted by Crippen LogP contribution is -2.67. The van der Waals surface area contributed by atoms with Gasteiger partial charge >= 0.3 is 0 Å². The standard InChI is InChI=1S/C9H13FN4O/c1-6-8(11)9(15)14(6)7-4-12-13(5-7)3-2-10/h4-6,8H,2-3,11H2,1H3/t6-,8+/m1/s1. The number of hydrogen-bond acceptors (Lipinski definition) is 3. The second kappa shape index (κ2) is 3.62. The smallest absolute Gasteiger partial charge is 0.246 e. The van der Waals surface area contributed by atoms with Crippen LogP contribution in [0.15, 0.2) is 12.4 Å². The monoisotopic (exact) mass is 212 g/mol. The molecule has 5 nitrogen and oxygen atoms in total. The molecule has 0 saturated carbocycles. The zero-order chi connectivity index (χ0) is 11.0. The molecule has 1 aromatic rings. The number of amides is 1. The lowest BCUT2D eigenvalue weighted by molar-refractivity contribution is -0.125. The molecule has 1 aromatic heterocycles. The average molecular weight is 212 g/mol. The van der Waals surface area contributed by atoms with Crippen LogP contribution in [-0.4, -0.2) is 34.4 Å². The van der Waals surface area contributed by atoms with Crippen molar-refractivity contribution in [3.05, 3.63) is 12.4 Å². The molecule has 1 aliphatic heterocycles. The van der Waals surface area contributed by atoms with Crippen molar-refractivity contribution < 1.29 is 9.18 Å². The Labute approximate surface area is 86.6 Å². The zero-order valence-corrected chi connectivity index (χ0v) is 8.43. The van der Waals surface area contributed by atoms with Crippen molar-refractivity contribution in [1.82, 2.24) is 9.78 Å². The number of carbonyl (C=O) groups excluding carboxylic acids is 1. The molecule has 2 rings (SSSR count). The molecule has 1 amide bonds. The Morgan fingerprint density at radius 2 is 2.40 bits per heavy atom. The van der Waals surface area contributed by atoms with Crippen LogP contribution in [0.5, 0.6) is 0 Å². The van der Waals surface area contributed by atoms with Gasteiger partial charge in [-0.15, -0.1) is 0 Å². The molecule has 0 aromatic carbocycles. The lowest BCUT2D eigenvalue weighted by Gasteiger charge is -2.42. The first-order valence-electron chi connectivity index (χ1n) is 4.82. The summed E-state index contributed by atoms with van der Waals surface area (Å²) in [6.45, 7) is 1.62. The highest BCUT2D eigenvalue weighted by Gasteiger charge is 2.43. The fraction of sp³-hybridized carbons (Fsp3) is 0.556. The molecule has 2 heterocycles. The van der Waals surface area contributed by atoms with Gasteiger partial charge in [-0.3, -0.25) is 9.48 Å². The minimum atomic E-state index is -0.468. The highest BCUT2D eigenvalue weighted by Crippen LogP contribution is 2.26. The Morgan fingerprint density at radius 3 is 3.00 bits per heavy atom. The number of halogens is 1. The van der Waals surface area contributed by atoms with Gasteiger partial charge in [0, 0.05) is 6.20 Å². The molecule has 0 bridgehead atoms. The van der Waals surface area contributed by atoms with Crippen molar-refractivity contribution >= 4 is 11.6 Å². The van der Waals surface area contributed by atoms with Crippen LogP contribution in [0.3, 0.4) is 0 Å². The number of aryl methyl sites for hydroxylation is 1. The van der Waals surface area contributed by atoms with E-state index in [0.717, 1.165) is 0 Å². The van der Waals surface area contributed by atoms with E-state index in [1.165, 1.54) is 4.68 Å². The Morgan fingerprint density at radius 1 is 1.67 bits per heavy atom. The summed E-state index contributed by atoms with van der Waals surface area (Å²) in [7, 11) is 0. The van der Waals surface area contributed by atoms with E-state index in [-0.39, 0.29) is 18.5 Å². The van der Waals surface area contributed by atoms with E-state index >= 15 is 0 Å². The van der Waals surface area contributed by atoms with Gasteiger partial charge in [-0.25, -0.2) is 4.39 Å². The zero-order valence-electron chi connectivity index (χ0n) is 8.43. The minimum Gasteiger partial charge on any atom is -0.318 e. The van der Waals surface area contributed by atoms with Gasteiger partial charge < -0.3 is 10.6 Å². The molecule has 0 spiro atoms. The summed E-state index contributed by atoms with van der Waals surface area (Å²) < 4.78 is 13.5. The first-order chi connectivity index (χ1) is 7.15. The van der Waals surface area contributed by atoms with E-state index in [2.05, 4.69) is 5.10 Å².